The maximum absolute atomic E-state index is 12.6. The molecule has 1 aromatic heterocycles. The Morgan fingerprint density at radius 1 is 1.14 bits per heavy atom. The van der Waals surface area contributed by atoms with Crippen LogP contribution in [0.4, 0.5) is 4.79 Å². The highest BCUT2D eigenvalue weighted by atomic mass is 16.5. The first kappa shape index (κ1) is 18.4. The zero-order valence-corrected chi connectivity index (χ0v) is 16.5. The predicted octanol–water partition coefficient (Wildman–Crippen LogP) is 3.84. The first-order valence-corrected chi connectivity index (χ1v) is 9.90. The summed E-state index contributed by atoms with van der Waals surface area (Å²) in [6.45, 7) is 4.25. The van der Waals surface area contributed by atoms with Crippen LogP contribution in [0.1, 0.15) is 22.4 Å². The molecule has 28 heavy (non-hydrogen) atoms. The molecule has 0 saturated carbocycles. The highest BCUT2D eigenvalue weighted by molar-refractivity contribution is 5.85. The molecule has 0 radical (unpaired) electrons. The van der Waals surface area contributed by atoms with E-state index < -0.39 is 0 Å². The predicted molar refractivity (Wildman–Crippen MR) is 112 cm³/mol. The zero-order chi connectivity index (χ0) is 19.5. The number of aromatic nitrogens is 1. The second-order valence-corrected chi connectivity index (χ2v) is 7.45. The van der Waals surface area contributed by atoms with Gasteiger partial charge in [-0.05, 0) is 55.2 Å². The van der Waals surface area contributed by atoms with Crippen LogP contribution < -0.4 is 10.1 Å². The van der Waals surface area contributed by atoms with Crippen LogP contribution in [-0.4, -0.2) is 42.7 Å². The monoisotopic (exact) mass is 377 g/mol. The summed E-state index contributed by atoms with van der Waals surface area (Å²) >= 11 is 0. The molecule has 0 spiro atoms. The Kier molecular flexibility index (Phi) is 5.24. The van der Waals surface area contributed by atoms with E-state index in [0.717, 1.165) is 38.1 Å². The fourth-order valence-corrected chi connectivity index (χ4v) is 3.94. The molecule has 2 heterocycles. The number of fused-ring (bicyclic) bond motifs is 3. The van der Waals surface area contributed by atoms with Gasteiger partial charge in [0.05, 0.1) is 7.11 Å². The second kappa shape index (κ2) is 7.97. The lowest BCUT2D eigenvalue weighted by atomic mass is 10.1. The van der Waals surface area contributed by atoms with Gasteiger partial charge in [-0.15, -0.1) is 0 Å². The minimum atomic E-state index is 0.0270. The van der Waals surface area contributed by atoms with Crippen LogP contribution in [-0.2, 0) is 19.3 Å². The number of aryl methyl sites for hydroxylation is 1. The van der Waals surface area contributed by atoms with Crippen molar-refractivity contribution in [3.63, 3.8) is 0 Å². The molecule has 1 aliphatic heterocycles. The number of H-pyrrole nitrogens is 1. The standard InChI is InChI=1S/C23H27N3O2/c1-16-3-8-21-20(15-16)19-10-13-26(14-11-22(19)25-21)23(27)24-12-9-17-4-6-18(28-2)7-5-17/h3-8,15,25H,9-14H2,1-2H3,(H,24,27). The summed E-state index contributed by atoms with van der Waals surface area (Å²) in [5, 5.41) is 4.37. The van der Waals surface area contributed by atoms with Gasteiger partial charge in [-0.3, -0.25) is 0 Å². The molecule has 2 N–H and O–H groups in total. The lowest BCUT2D eigenvalue weighted by molar-refractivity contribution is 0.200. The first-order chi connectivity index (χ1) is 13.6. The van der Waals surface area contributed by atoms with Crippen molar-refractivity contribution in [1.29, 1.82) is 0 Å². The van der Waals surface area contributed by atoms with Gasteiger partial charge in [0, 0.05) is 42.7 Å². The van der Waals surface area contributed by atoms with Crippen LogP contribution in [0.3, 0.4) is 0 Å². The van der Waals surface area contributed by atoms with E-state index in [1.54, 1.807) is 7.11 Å². The van der Waals surface area contributed by atoms with Gasteiger partial charge >= 0.3 is 6.03 Å². The number of hydrogen-bond acceptors (Lipinski definition) is 2. The number of ether oxygens (including phenoxy) is 1. The average molecular weight is 377 g/mol. The van der Waals surface area contributed by atoms with Gasteiger partial charge in [-0.2, -0.15) is 0 Å². The lowest BCUT2D eigenvalue weighted by Gasteiger charge is -2.21. The smallest absolute Gasteiger partial charge is 0.317 e. The quantitative estimate of drug-likeness (QED) is 0.726. The molecule has 5 nitrogen and oxygen atoms in total. The van der Waals surface area contributed by atoms with Gasteiger partial charge in [-0.1, -0.05) is 23.8 Å². The van der Waals surface area contributed by atoms with Gasteiger partial charge in [0.25, 0.3) is 0 Å². The normalized spacial score (nSPS) is 13.9. The van der Waals surface area contributed by atoms with Crippen molar-refractivity contribution in [3.05, 3.63) is 64.8 Å². The molecule has 1 aliphatic rings. The van der Waals surface area contributed by atoms with Crippen LogP contribution in [0.2, 0.25) is 0 Å². The van der Waals surface area contributed by atoms with E-state index in [0.29, 0.717) is 6.54 Å². The molecule has 2 amide bonds. The van der Waals surface area contributed by atoms with Crippen molar-refractivity contribution in [2.45, 2.75) is 26.2 Å². The second-order valence-electron chi connectivity index (χ2n) is 7.45. The number of methoxy groups -OCH3 is 1. The van der Waals surface area contributed by atoms with Crippen LogP contribution in [0.25, 0.3) is 10.9 Å². The number of carbonyl (C=O) groups excluding carboxylic acids is 1. The molecular formula is C23H27N3O2. The van der Waals surface area contributed by atoms with Gasteiger partial charge < -0.3 is 19.9 Å². The Morgan fingerprint density at radius 3 is 2.71 bits per heavy atom. The third kappa shape index (κ3) is 3.84. The van der Waals surface area contributed by atoms with E-state index in [4.69, 9.17) is 4.74 Å². The summed E-state index contributed by atoms with van der Waals surface area (Å²) in [7, 11) is 1.66. The molecule has 5 heteroatoms. The number of hydrogen-bond donors (Lipinski definition) is 2. The molecule has 0 unspecified atom stereocenters. The minimum Gasteiger partial charge on any atom is -0.497 e. The van der Waals surface area contributed by atoms with Crippen molar-refractivity contribution >= 4 is 16.9 Å². The van der Waals surface area contributed by atoms with E-state index in [2.05, 4.69) is 35.4 Å². The Hall–Kier alpha value is -2.95. The molecule has 2 aromatic carbocycles. The van der Waals surface area contributed by atoms with Crippen LogP contribution >= 0.6 is 0 Å². The van der Waals surface area contributed by atoms with Gasteiger partial charge in [0.1, 0.15) is 5.75 Å². The number of benzene rings is 2. The molecular weight excluding hydrogens is 350 g/mol. The molecule has 146 valence electrons. The van der Waals surface area contributed by atoms with Gasteiger partial charge in [0.15, 0.2) is 0 Å². The lowest BCUT2D eigenvalue weighted by Crippen LogP contribution is -2.42. The van der Waals surface area contributed by atoms with Gasteiger partial charge in [0.2, 0.25) is 0 Å². The third-order valence-corrected chi connectivity index (χ3v) is 5.55. The largest absolute Gasteiger partial charge is 0.497 e. The summed E-state index contributed by atoms with van der Waals surface area (Å²) in [5.41, 5.74) is 6.30. The minimum absolute atomic E-state index is 0.0270. The Balaban J connectivity index is 1.33. The van der Waals surface area contributed by atoms with Gasteiger partial charge in [-0.25, -0.2) is 4.79 Å². The van der Waals surface area contributed by atoms with Crippen molar-refractivity contribution in [2.75, 3.05) is 26.7 Å². The number of aromatic amines is 1. The summed E-state index contributed by atoms with van der Waals surface area (Å²) in [6, 6.07) is 14.5. The fourth-order valence-electron chi connectivity index (χ4n) is 3.94. The van der Waals surface area contributed by atoms with Crippen LogP contribution in [0.15, 0.2) is 42.5 Å². The number of urea groups is 1. The van der Waals surface area contributed by atoms with Crippen molar-refractivity contribution in [1.82, 2.24) is 15.2 Å². The molecule has 0 fully saturated rings. The maximum atomic E-state index is 12.6. The third-order valence-electron chi connectivity index (χ3n) is 5.55. The van der Waals surface area contributed by atoms with E-state index >= 15 is 0 Å². The first-order valence-electron chi connectivity index (χ1n) is 9.90. The highest BCUT2D eigenvalue weighted by Gasteiger charge is 2.21. The molecule has 0 atom stereocenters. The number of carbonyl (C=O) groups is 1. The van der Waals surface area contributed by atoms with E-state index in [-0.39, 0.29) is 6.03 Å². The van der Waals surface area contributed by atoms with Crippen molar-refractivity contribution in [3.8, 4) is 5.75 Å². The summed E-state index contributed by atoms with van der Waals surface area (Å²) in [4.78, 5) is 18.1. The Bertz CT molecular complexity index is 975. The molecule has 3 aromatic rings. The molecule has 0 bridgehead atoms. The zero-order valence-electron chi connectivity index (χ0n) is 16.5. The fraction of sp³-hybridized carbons (Fsp3) is 0.348. The van der Waals surface area contributed by atoms with E-state index in [1.165, 1.54) is 33.3 Å². The van der Waals surface area contributed by atoms with Crippen LogP contribution in [0, 0.1) is 6.92 Å². The van der Waals surface area contributed by atoms with Crippen molar-refractivity contribution in [2.24, 2.45) is 0 Å². The topological polar surface area (TPSA) is 57.4 Å². The van der Waals surface area contributed by atoms with E-state index in [9.17, 15) is 4.79 Å². The number of nitrogens with one attached hydrogen (secondary N) is 2. The molecule has 0 aliphatic carbocycles. The number of nitrogens with zero attached hydrogens (tertiary/aromatic N) is 1. The number of rotatable bonds is 4. The van der Waals surface area contributed by atoms with E-state index in [1.807, 2.05) is 29.2 Å². The van der Waals surface area contributed by atoms with Crippen molar-refractivity contribution < 1.29 is 9.53 Å². The number of amides is 2. The Morgan fingerprint density at radius 2 is 1.93 bits per heavy atom. The summed E-state index contributed by atoms with van der Waals surface area (Å²) < 4.78 is 5.18. The average Bonchev–Trinajstić information content (AvgIpc) is 2.91. The summed E-state index contributed by atoms with van der Waals surface area (Å²) in [5.74, 6) is 0.850. The molecule has 0 saturated heterocycles. The Labute approximate surface area is 165 Å². The summed E-state index contributed by atoms with van der Waals surface area (Å²) in [6.07, 6.45) is 2.58. The molecule has 4 rings (SSSR count). The SMILES string of the molecule is COc1ccc(CCNC(=O)N2CCc3[nH]c4ccc(C)cc4c3CC2)cc1. The van der Waals surface area contributed by atoms with Crippen LogP contribution in [0.5, 0.6) is 5.75 Å². The highest BCUT2D eigenvalue weighted by Crippen LogP contribution is 2.26. The maximum Gasteiger partial charge on any atom is 0.317 e.